The molecule has 0 atom stereocenters. The van der Waals surface area contributed by atoms with Gasteiger partial charge in [0, 0.05) is 25.4 Å². The van der Waals surface area contributed by atoms with Crippen LogP contribution in [0.2, 0.25) is 0 Å². The number of thiazole rings is 1. The topological polar surface area (TPSA) is 45.2 Å². The van der Waals surface area contributed by atoms with Crippen molar-refractivity contribution in [1.82, 2.24) is 9.88 Å². The van der Waals surface area contributed by atoms with Crippen molar-refractivity contribution in [2.75, 3.05) is 25.0 Å². The molecule has 1 amide bonds. The summed E-state index contributed by atoms with van der Waals surface area (Å²) in [6.45, 7) is 7.10. The molecule has 21 heavy (non-hydrogen) atoms. The minimum atomic E-state index is -0.0632. The summed E-state index contributed by atoms with van der Waals surface area (Å²) in [5.74, 6) is -0.0632. The number of carbonyl (C=O) groups is 1. The molecule has 1 aliphatic rings. The van der Waals surface area contributed by atoms with Gasteiger partial charge in [-0.1, -0.05) is 32.3 Å². The summed E-state index contributed by atoms with van der Waals surface area (Å²) in [6, 6.07) is 0. The molecule has 1 aromatic heterocycles. The average molecular weight is 307 g/mol. The van der Waals surface area contributed by atoms with E-state index in [4.69, 9.17) is 0 Å². The SMILES string of the molecule is CCCCCCN1CC=C(c2csc(NC(C)=O)n2)CC1. The molecule has 1 aliphatic heterocycles. The predicted molar refractivity (Wildman–Crippen MR) is 89.6 cm³/mol. The predicted octanol–water partition coefficient (Wildman–Crippen LogP) is 3.77. The Labute approximate surface area is 131 Å². The smallest absolute Gasteiger partial charge is 0.223 e. The molecule has 0 aromatic carbocycles. The number of nitrogens with zero attached hydrogens (tertiary/aromatic N) is 2. The Kier molecular flexibility index (Phi) is 6.39. The summed E-state index contributed by atoms with van der Waals surface area (Å²) in [5, 5.41) is 5.47. The highest BCUT2D eigenvalue weighted by Crippen LogP contribution is 2.26. The van der Waals surface area contributed by atoms with E-state index in [0.29, 0.717) is 5.13 Å². The molecule has 1 aromatic rings. The third-order valence-corrected chi connectivity index (χ3v) is 4.50. The van der Waals surface area contributed by atoms with E-state index in [1.54, 1.807) is 0 Å². The second-order valence-electron chi connectivity index (χ2n) is 5.56. The van der Waals surface area contributed by atoms with E-state index < -0.39 is 0 Å². The Morgan fingerprint density at radius 3 is 2.95 bits per heavy atom. The maximum atomic E-state index is 11.0. The fourth-order valence-corrected chi connectivity index (χ4v) is 3.32. The fourth-order valence-electron chi connectivity index (χ4n) is 2.54. The van der Waals surface area contributed by atoms with Crippen LogP contribution in [0.5, 0.6) is 0 Å². The van der Waals surface area contributed by atoms with Crippen LogP contribution in [0.3, 0.4) is 0 Å². The second kappa shape index (κ2) is 8.29. The Morgan fingerprint density at radius 2 is 2.29 bits per heavy atom. The van der Waals surface area contributed by atoms with Crippen LogP contribution >= 0.6 is 11.3 Å². The molecule has 2 heterocycles. The number of hydrogen-bond acceptors (Lipinski definition) is 4. The number of hydrogen-bond donors (Lipinski definition) is 1. The van der Waals surface area contributed by atoms with Crippen LogP contribution in [0.25, 0.3) is 5.57 Å². The third kappa shape index (κ3) is 5.25. The number of carbonyl (C=O) groups excluding carboxylic acids is 1. The van der Waals surface area contributed by atoms with E-state index in [1.165, 1.54) is 56.1 Å². The molecule has 1 N–H and O–H groups in total. The van der Waals surface area contributed by atoms with Crippen LogP contribution in [0, 0.1) is 0 Å². The first-order valence-electron chi connectivity index (χ1n) is 7.84. The van der Waals surface area contributed by atoms with Gasteiger partial charge in [-0.05, 0) is 25.0 Å². The molecule has 0 unspecified atom stereocenters. The molecule has 0 bridgehead atoms. The minimum Gasteiger partial charge on any atom is -0.302 e. The molecule has 4 nitrogen and oxygen atoms in total. The molecule has 0 saturated heterocycles. The number of rotatable bonds is 7. The van der Waals surface area contributed by atoms with E-state index >= 15 is 0 Å². The van der Waals surface area contributed by atoms with Gasteiger partial charge in [-0.3, -0.25) is 9.69 Å². The largest absolute Gasteiger partial charge is 0.302 e. The summed E-state index contributed by atoms with van der Waals surface area (Å²) >= 11 is 1.49. The highest BCUT2D eigenvalue weighted by Gasteiger charge is 2.15. The van der Waals surface area contributed by atoms with Gasteiger partial charge >= 0.3 is 0 Å². The maximum absolute atomic E-state index is 11.0. The molecular formula is C16H25N3OS. The molecule has 0 radical (unpaired) electrons. The minimum absolute atomic E-state index is 0.0632. The zero-order chi connectivity index (χ0) is 15.1. The van der Waals surface area contributed by atoms with Crippen molar-refractivity contribution >= 4 is 27.9 Å². The van der Waals surface area contributed by atoms with Crippen molar-refractivity contribution in [3.8, 4) is 0 Å². The van der Waals surface area contributed by atoms with Crippen LogP contribution in [0.1, 0.15) is 51.6 Å². The van der Waals surface area contributed by atoms with Crippen molar-refractivity contribution in [3.63, 3.8) is 0 Å². The molecule has 2 rings (SSSR count). The van der Waals surface area contributed by atoms with E-state index in [9.17, 15) is 4.79 Å². The monoisotopic (exact) mass is 307 g/mol. The van der Waals surface area contributed by atoms with E-state index in [0.717, 1.165) is 25.2 Å². The Morgan fingerprint density at radius 1 is 1.43 bits per heavy atom. The van der Waals surface area contributed by atoms with Gasteiger partial charge in [0.15, 0.2) is 5.13 Å². The Hall–Kier alpha value is -1.20. The van der Waals surface area contributed by atoms with Gasteiger partial charge in [0.25, 0.3) is 0 Å². The molecular weight excluding hydrogens is 282 g/mol. The van der Waals surface area contributed by atoms with Crippen molar-refractivity contribution in [1.29, 1.82) is 0 Å². The van der Waals surface area contributed by atoms with Gasteiger partial charge in [-0.15, -0.1) is 11.3 Å². The summed E-state index contributed by atoms with van der Waals surface area (Å²) in [7, 11) is 0. The van der Waals surface area contributed by atoms with Crippen LogP contribution in [0.4, 0.5) is 5.13 Å². The number of unbranched alkanes of at least 4 members (excludes halogenated alkanes) is 3. The van der Waals surface area contributed by atoms with Gasteiger partial charge in [0.2, 0.25) is 5.91 Å². The standard InChI is InChI=1S/C16H25N3OS/c1-3-4-5-6-9-19-10-7-14(8-11-19)15-12-21-16(18-15)17-13(2)20/h7,12H,3-6,8-11H2,1-2H3,(H,17,18,20). The first-order valence-corrected chi connectivity index (χ1v) is 8.72. The summed E-state index contributed by atoms with van der Waals surface area (Å²) in [5.41, 5.74) is 2.34. The summed E-state index contributed by atoms with van der Waals surface area (Å²) < 4.78 is 0. The maximum Gasteiger partial charge on any atom is 0.223 e. The lowest BCUT2D eigenvalue weighted by atomic mass is 10.1. The number of aromatic nitrogens is 1. The van der Waals surface area contributed by atoms with E-state index in [2.05, 4.69) is 28.2 Å². The average Bonchev–Trinajstić information content (AvgIpc) is 2.92. The molecule has 0 aliphatic carbocycles. The van der Waals surface area contributed by atoms with E-state index in [-0.39, 0.29) is 5.91 Å². The second-order valence-corrected chi connectivity index (χ2v) is 6.42. The summed E-state index contributed by atoms with van der Waals surface area (Å²) in [6.07, 6.45) is 8.63. The molecule has 116 valence electrons. The lowest BCUT2D eigenvalue weighted by molar-refractivity contribution is -0.114. The number of amides is 1. The molecule has 0 saturated carbocycles. The zero-order valence-electron chi connectivity index (χ0n) is 13.0. The number of nitrogens with one attached hydrogen (secondary N) is 1. The van der Waals surface area contributed by atoms with Crippen LogP contribution in [0.15, 0.2) is 11.5 Å². The zero-order valence-corrected chi connectivity index (χ0v) is 13.8. The van der Waals surface area contributed by atoms with Gasteiger partial charge in [0.05, 0.1) is 5.69 Å². The lowest BCUT2D eigenvalue weighted by Crippen LogP contribution is -2.29. The first-order chi connectivity index (χ1) is 10.2. The van der Waals surface area contributed by atoms with Crippen molar-refractivity contribution in [2.45, 2.75) is 46.0 Å². The fraction of sp³-hybridized carbons (Fsp3) is 0.625. The summed E-state index contributed by atoms with van der Waals surface area (Å²) in [4.78, 5) is 18.0. The van der Waals surface area contributed by atoms with Crippen molar-refractivity contribution in [3.05, 3.63) is 17.2 Å². The van der Waals surface area contributed by atoms with Gasteiger partial charge < -0.3 is 5.32 Å². The van der Waals surface area contributed by atoms with Gasteiger partial charge in [-0.2, -0.15) is 0 Å². The molecule has 0 spiro atoms. The van der Waals surface area contributed by atoms with Crippen LogP contribution in [-0.2, 0) is 4.79 Å². The molecule has 5 heteroatoms. The quantitative estimate of drug-likeness (QED) is 0.780. The normalized spacial score (nSPS) is 15.8. The third-order valence-electron chi connectivity index (χ3n) is 3.74. The van der Waals surface area contributed by atoms with Gasteiger partial charge in [-0.25, -0.2) is 4.98 Å². The molecule has 0 fully saturated rings. The van der Waals surface area contributed by atoms with Crippen LogP contribution < -0.4 is 5.32 Å². The van der Waals surface area contributed by atoms with E-state index in [1.807, 2.05) is 5.38 Å². The van der Waals surface area contributed by atoms with Crippen LogP contribution in [-0.4, -0.2) is 35.4 Å². The number of anilines is 1. The van der Waals surface area contributed by atoms with Gasteiger partial charge in [0.1, 0.15) is 0 Å². The Balaban J connectivity index is 1.82. The highest BCUT2D eigenvalue weighted by molar-refractivity contribution is 7.14. The Bertz CT molecular complexity index is 495. The lowest BCUT2D eigenvalue weighted by Gasteiger charge is -2.25. The first kappa shape index (κ1) is 16.2. The van der Waals surface area contributed by atoms with Crippen molar-refractivity contribution < 1.29 is 4.79 Å². The highest BCUT2D eigenvalue weighted by atomic mass is 32.1. The van der Waals surface area contributed by atoms with Crippen molar-refractivity contribution in [2.24, 2.45) is 0 Å².